The summed E-state index contributed by atoms with van der Waals surface area (Å²) in [5, 5.41) is 15.2. The monoisotopic (exact) mass is 312 g/mol. The largest absolute Gasteiger partial charge is 0.396 e. The number of hydrogen-bond donors (Lipinski definition) is 3. The Balaban J connectivity index is 1.91. The van der Waals surface area contributed by atoms with Gasteiger partial charge in [-0.25, -0.2) is 0 Å². The summed E-state index contributed by atoms with van der Waals surface area (Å²) in [4.78, 5) is 12.1. The fourth-order valence-corrected chi connectivity index (χ4v) is 2.51. The quantitative estimate of drug-likeness (QED) is 0.702. The van der Waals surface area contributed by atoms with Gasteiger partial charge < -0.3 is 15.7 Å². The summed E-state index contributed by atoms with van der Waals surface area (Å²) in [6.45, 7) is 2.38. The summed E-state index contributed by atoms with van der Waals surface area (Å²) >= 11 is 0. The fraction of sp³-hybridized carbons (Fsp3) is 0.316. The average molecular weight is 312 g/mol. The van der Waals surface area contributed by atoms with Crippen molar-refractivity contribution in [1.82, 2.24) is 5.32 Å². The maximum atomic E-state index is 12.1. The van der Waals surface area contributed by atoms with E-state index in [2.05, 4.69) is 10.6 Å². The van der Waals surface area contributed by atoms with Crippen LogP contribution in [0.2, 0.25) is 0 Å². The van der Waals surface area contributed by atoms with Crippen LogP contribution in [0.3, 0.4) is 0 Å². The summed E-state index contributed by atoms with van der Waals surface area (Å²) in [7, 11) is 0. The molecule has 4 heteroatoms. The van der Waals surface area contributed by atoms with E-state index in [0.717, 1.165) is 23.2 Å². The second-order valence-corrected chi connectivity index (χ2v) is 5.63. The van der Waals surface area contributed by atoms with Crippen LogP contribution in [0.5, 0.6) is 0 Å². The number of anilines is 1. The van der Waals surface area contributed by atoms with Gasteiger partial charge in [0.1, 0.15) is 0 Å². The lowest BCUT2D eigenvalue weighted by Crippen LogP contribution is -2.31. The Morgan fingerprint density at radius 3 is 2.61 bits per heavy atom. The van der Waals surface area contributed by atoms with E-state index < -0.39 is 0 Å². The zero-order valence-corrected chi connectivity index (χ0v) is 13.5. The lowest BCUT2D eigenvalue weighted by molar-refractivity contribution is -0.115. The van der Waals surface area contributed by atoms with Gasteiger partial charge in [-0.15, -0.1) is 0 Å². The van der Waals surface area contributed by atoms with E-state index in [4.69, 9.17) is 5.11 Å². The first kappa shape index (κ1) is 17.2. The number of nitrogens with one attached hydrogen (secondary N) is 2. The van der Waals surface area contributed by atoms with Crippen LogP contribution in [0, 0.1) is 6.92 Å². The minimum Gasteiger partial charge on any atom is -0.396 e. The van der Waals surface area contributed by atoms with Crippen molar-refractivity contribution in [3.05, 3.63) is 65.7 Å². The number of aryl methyl sites for hydroxylation is 1. The molecule has 2 rings (SSSR count). The molecule has 2 aromatic carbocycles. The molecule has 3 N–H and O–H groups in total. The Hall–Kier alpha value is -2.17. The molecular formula is C19H24N2O2. The molecule has 0 aromatic heterocycles. The van der Waals surface area contributed by atoms with Gasteiger partial charge in [-0.2, -0.15) is 0 Å². The Morgan fingerprint density at radius 2 is 1.91 bits per heavy atom. The normalized spacial score (nSPS) is 11.9. The minimum absolute atomic E-state index is 0.0617. The molecule has 1 amide bonds. The van der Waals surface area contributed by atoms with E-state index in [0.29, 0.717) is 6.42 Å². The summed E-state index contributed by atoms with van der Waals surface area (Å²) in [5.41, 5.74) is 3.05. The molecule has 0 aliphatic rings. The molecule has 122 valence electrons. The van der Waals surface area contributed by atoms with E-state index in [1.807, 2.05) is 61.5 Å². The van der Waals surface area contributed by atoms with E-state index in [1.165, 1.54) is 0 Å². The van der Waals surface area contributed by atoms with E-state index >= 15 is 0 Å². The van der Waals surface area contributed by atoms with E-state index in [1.54, 1.807) is 0 Å². The van der Waals surface area contributed by atoms with Gasteiger partial charge in [0.15, 0.2) is 0 Å². The summed E-state index contributed by atoms with van der Waals surface area (Å²) in [6, 6.07) is 17.8. The van der Waals surface area contributed by atoms with Gasteiger partial charge >= 0.3 is 0 Å². The van der Waals surface area contributed by atoms with Gasteiger partial charge in [0.25, 0.3) is 0 Å². The summed E-state index contributed by atoms with van der Waals surface area (Å²) in [6.07, 6.45) is 1.49. The number of aliphatic hydroxyl groups excluding tert-OH is 1. The van der Waals surface area contributed by atoms with Crippen molar-refractivity contribution >= 4 is 11.6 Å². The predicted molar refractivity (Wildman–Crippen MR) is 93.3 cm³/mol. The molecule has 23 heavy (non-hydrogen) atoms. The van der Waals surface area contributed by atoms with Crippen LogP contribution in [0.1, 0.15) is 30.0 Å². The Morgan fingerprint density at radius 1 is 1.13 bits per heavy atom. The zero-order valence-electron chi connectivity index (χ0n) is 13.5. The molecule has 1 unspecified atom stereocenters. The van der Waals surface area contributed by atoms with Gasteiger partial charge in [-0.3, -0.25) is 4.79 Å². The zero-order chi connectivity index (χ0) is 16.5. The van der Waals surface area contributed by atoms with Gasteiger partial charge in [-0.1, -0.05) is 42.5 Å². The third kappa shape index (κ3) is 5.85. The molecule has 0 saturated carbocycles. The van der Waals surface area contributed by atoms with Crippen molar-refractivity contribution in [3.8, 4) is 0 Å². The average Bonchev–Trinajstić information content (AvgIpc) is 2.56. The molecule has 0 aliphatic carbocycles. The number of rotatable bonds is 8. The molecule has 0 spiro atoms. The highest BCUT2D eigenvalue weighted by molar-refractivity contribution is 5.92. The van der Waals surface area contributed by atoms with Crippen molar-refractivity contribution in [3.63, 3.8) is 0 Å². The van der Waals surface area contributed by atoms with Crippen molar-refractivity contribution in [1.29, 1.82) is 0 Å². The second kappa shape index (κ2) is 9.08. The minimum atomic E-state index is -0.0690. The Kier molecular flexibility index (Phi) is 6.78. The molecule has 0 saturated heterocycles. The molecule has 4 nitrogen and oxygen atoms in total. The topological polar surface area (TPSA) is 61.4 Å². The second-order valence-electron chi connectivity index (χ2n) is 5.63. The lowest BCUT2D eigenvalue weighted by Gasteiger charge is -2.19. The molecular weight excluding hydrogens is 288 g/mol. The maximum absolute atomic E-state index is 12.1. The van der Waals surface area contributed by atoms with Crippen LogP contribution in [0.25, 0.3) is 0 Å². The molecule has 0 aliphatic heterocycles. The standard InChI is InChI=1S/C19H24N2O2/c1-15-7-5-10-17(13-15)21-19(23)14-20-18(11-6-12-22)16-8-3-2-4-9-16/h2-5,7-10,13,18,20,22H,6,11-12,14H2,1H3,(H,21,23). The third-order valence-corrected chi connectivity index (χ3v) is 3.66. The molecule has 0 radical (unpaired) electrons. The number of amides is 1. The first-order chi connectivity index (χ1) is 11.2. The number of aliphatic hydroxyl groups is 1. The number of hydrogen-bond acceptors (Lipinski definition) is 3. The van der Waals surface area contributed by atoms with Crippen LogP contribution in [-0.4, -0.2) is 24.2 Å². The van der Waals surface area contributed by atoms with Gasteiger partial charge in [0, 0.05) is 18.3 Å². The molecule has 1 atom stereocenters. The highest BCUT2D eigenvalue weighted by Crippen LogP contribution is 2.18. The highest BCUT2D eigenvalue weighted by Gasteiger charge is 2.12. The molecule has 0 bridgehead atoms. The number of benzene rings is 2. The first-order valence-electron chi connectivity index (χ1n) is 7.95. The van der Waals surface area contributed by atoms with Crippen LogP contribution < -0.4 is 10.6 Å². The predicted octanol–water partition coefficient (Wildman–Crippen LogP) is 3.04. The molecule has 0 fully saturated rings. The van der Waals surface area contributed by atoms with Gasteiger partial charge in [0.2, 0.25) is 5.91 Å². The first-order valence-corrected chi connectivity index (χ1v) is 7.95. The van der Waals surface area contributed by atoms with Crippen molar-refractivity contribution in [2.45, 2.75) is 25.8 Å². The van der Waals surface area contributed by atoms with Crippen molar-refractivity contribution in [2.75, 3.05) is 18.5 Å². The van der Waals surface area contributed by atoms with Crippen LogP contribution in [0.15, 0.2) is 54.6 Å². The van der Waals surface area contributed by atoms with E-state index in [9.17, 15) is 4.79 Å². The van der Waals surface area contributed by atoms with Crippen LogP contribution in [0.4, 0.5) is 5.69 Å². The Labute approximate surface area is 137 Å². The van der Waals surface area contributed by atoms with Gasteiger partial charge in [-0.05, 0) is 43.0 Å². The SMILES string of the molecule is Cc1cccc(NC(=O)CNC(CCCO)c2ccccc2)c1. The molecule has 2 aromatic rings. The summed E-state index contributed by atoms with van der Waals surface area (Å²) < 4.78 is 0. The number of carbonyl (C=O) groups is 1. The van der Waals surface area contributed by atoms with Crippen molar-refractivity contribution < 1.29 is 9.90 Å². The third-order valence-electron chi connectivity index (χ3n) is 3.66. The van der Waals surface area contributed by atoms with Crippen LogP contribution >= 0.6 is 0 Å². The number of carbonyl (C=O) groups excluding carboxylic acids is 1. The van der Waals surface area contributed by atoms with Crippen LogP contribution in [-0.2, 0) is 4.79 Å². The maximum Gasteiger partial charge on any atom is 0.238 e. The van der Waals surface area contributed by atoms with E-state index in [-0.39, 0.29) is 25.1 Å². The van der Waals surface area contributed by atoms with Gasteiger partial charge in [0.05, 0.1) is 6.54 Å². The fourth-order valence-electron chi connectivity index (χ4n) is 2.51. The van der Waals surface area contributed by atoms with Crippen molar-refractivity contribution in [2.24, 2.45) is 0 Å². The molecule has 0 heterocycles. The smallest absolute Gasteiger partial charge is 0.238 e. The lowest BCUT2D eigenvalue weighted by atomic mass is 10.0. The highest BCUT2D eigenvalue weighted by atomic mass is 16.2. The summed E-state index contributed by atoms with van der Waals surface area (Å²) in [5.74, 6) is -0.0690. The Bertz CT molecular complexity index is 614.